The molecule has 0 atom stereocenters. The summed E-state index contributed by atoms with van der Waals surface area (Å²) in [6, 6.07) is 11.5. The van der Waals surface area contributed by atoms with Gasteiger partial charge < -0.3 is 20.1 Å². The first-order chi connectivity index (χ1) is 14.1. The third-order valence-electron chi connectivity index (χ3n) is 4.20. The van der Waals surface area contributed by atoms with Gasteiger partial charge in [0.2, 0.25) is 5.91 Å². The number of pyridine rings is 1. The van der Waals surface area contributed by atoms with Gasteiger partial charge in [0, 0.05) is 17.6 Å². The number of nitrogens with one attached hydrogen (secondary N) is 2. The minimum absolute atomic E-state index is 0.0593. The highest BCUT2D eigenvalue weighted by molar-refractivity contribution is 7.13. The number of methoxy groups -OCH3 is 2. The van der Waals surface area contributed by atoms with Crippen molar-refractivity contribution in [2.75, 3.05) is 26.1 Å². The fourth-order valence-electron chi connectivity index (χ4n) is 2.78. The van der Waals surface area contributed by atoms with Gasteiger partial charge >= 0.3 is 0 Å². The Morgan fingerprint density at radius 2 is 1.93 bits per heavy atom. The first kappa shape index (κ1) is 20.6. The van der Waals surface area contributed by atoms with E-state index in [2.05, 4.69) is 20.6 Å². The van der Waals surface area contributed by atoms with Crippen LogP contribution in [0.3, 0.4) is 0 Å². The first-order valence-corrected chi connectivity index (χ1v) is 10.1. The van der Waals surface area contributed by atoms with E-state index in [4.69, 9.17) is 9.47 Å². The Kier molecular flexibility index (Phi) is 7.02. The number of hydrogen-bond donors (Lipinski definition) is 2. The molecule has 3 rings (SSSR count). The number of rotatable bonds is 9. The van der Waals surface area contributed by atoms with Gasteiger partial charge in [0.25, 0.3) is 0 Å². The minimum atomic E-state index is -0.0593. The minimum Gasteiger partial charge on any atom is -0.493 e. The Morgan fingerprint density at radius 1 is 1.10 bits per heavy atom. The van der Waals surface area contributed by atoms with Crippen LogP contribution in [0.15, 0.2) is 41.8 Å². The Balaban J connectivity index is 1.47. The summed E-state index contributed by atoms with van der Waals surface area (Å²) in [6.45, 7) is 2.47. The molecule has 7 nitrogen and oxygen atoms in total. The summed E-state index contributed by atoms with van der Waals surface area (Å²) < 4.78 is 10.5. The Morgan fingerprint density at radius 3 is 2.69 bits per heavy atom. The molecule has 0 radical (unpaired) electrons. The standard InChI is InChI=1S/C21H24N4O3S/c1-14-5-4-6-19(23-14)25-21-24-16(13-29-21)12-20(26)22-10-9-15-7-8-17(27-2)18(11-15)28-3/h4-8,11,13H,9-10,12H2,1-3H3,(H,22,26)(H,23,24,25). The summed E-state index contributed by atoms with van der Waals surface area (Å²) >= 11 is 1.45. The van der Waals surface area contributed by atoms with Gasteiger partial charge in [-0.25, -0.2) is 9.97 Å². The van der Waals surface area contributed by atoms with E-state index in [1.165, 1.54) is 11.3 Å². The number of thiazole rings is 1. The second-order valence-corrected chi connectivity index (χ2v) is 7.26. The normalized spacial score (nSPS) is 10.4. The molecule has 3 aromatic rings. The molecule has 0 saturated heterocycles. The van der Waals surface area contributed by atoms with Crippen molar-refractivity contribution in [2.45, 2.75) is 19.8 Å². The third kappa shape index (κ3) is 5.92. The number of amides is 1. The average molecular weight is 413 g/mol. The largest absolute Gasteiger partial charge is 0.493 e. The van der Waals surface area contributed by atoms with Gasteiger partial charge in [-0.3, -0.25) is 4.79 Å². The molecule has 2 aromatic heterocycles. The molecule has 2 heterocycles. The topological polar surface area (TPSA) is 85.4 Å². The number of hydrogen-bond acceptors (Lipinski definition) is 7. The number of benzene rings is 1. The highest BCUT2D eigenvalue weighted by Crippen LogP contribution is 2.27. The van der Waals surface area contributed by atoms with Crippen LogP contribution in [0.2, 0.25) is 0 Å². The van der Waals surface area contributed by atoms with Gasteiger partial charge in [-0.15, -0.1) is 11.3 Å². The maximum atomic E-state index is 12.2. The molecule has 1 aromatic carbocycles. The van der Waals surface area contributed by atoms with Gasteiger partial charge in [0.15, 0.2) is 16.6 Å². The van der Waals surface area contributed by atoms with Gasteiger partial charge in [0.05, 0.1) is 26.3 Å². The van der Waals surface area contributed by atoms with Crippen LogP contribution >= 0.6 is 11.3 Å². The molecule has 0 aliphatic rings. The Bertz CT molecular complexity index is 974. The van der Waals surface area contributed by atoms with Crippen molar-refractivity contribution in [3.05, 3.63) is 58.7 Å². The van der Waals surface area contributed by atoms with E-state index in [0.717, 1.165) is 27.9 Å². The molecular formula is C21H24N4O3S. The predicted molar refractivity (Wildman–Crippen MR) is 114 cm³/mol. The van der Waals surface area contributed by atoms with Crippen LogP contribution in [0, 0.1) is 6.92 Å². The van der Waals surface area contributed by atoms with Crippen LogP contribution in [0.5, 0.6) is 11.5 Å². The van der Waals surface area contributed by atoms with E-state index in [1.54, 1.807) is 14.2 Å². The highest BCUT2D eigenvalue weighted by Gasteiger charge is 2.09. The summed E-state index contributed by atoms with van der Waals surface area (Å²) in [7, 11) is 3.21. The molecule has 0 aliphatic carbocycles. The zero-order valence-corrected chi connectivity index (χ0v) is 17.5. The Labute approximate surface area is 174 Å². The lowest BCUT2D eigenvalue weighted by molar-refractivity contribution is -0.120. The van der Waals surface area contributed by atoms with Crippen molar-refractivity contribution in [1.29, 1.82) is 0 Å². The van der Waals surface area contributed by atoms with Crippen molar-refractivity contribution in [3.8, 4) is 11.5 Å². The lowest BCUT2D eigenvalue weighted by Crippen LogP contribution is -2.27. The fourth-order valence-corrected chi connectivity index (χ4v) is 3.49. The number of anilines is 2. The maximum absolute atomic E-state index is 12.2. The molecule has 29 heavy (non-hydrogen) atoms. The second-order valence-electron chi connectivity index (χ2n) is 6.40. The smallest absolute Gasteiger partial charge is 0.226 e. The molecule has 0 saturated carbocycles. The van der Waals surface area contributed by atoms with Crippen molar-refractivity contribution >= 4 is 28.2 Å². The van der Waals surface area contributed by atoms with Crippen molar-refractivity contribution in [3.63, 3.8) is 0 Å². The van der Waals surface area contributed by atoms with Crippen LogP contribution in [0.25, 0.3) is 0 Å². The number of aryl methyl sites for hydroxylation is 1. The monoisotopic (exact) mass is 412 g/mol. The predicted octanol–water partition coefficient (Wildman–Crippen LogP) is 3.51. The quantitative estimate of drug-likeness (QED) is 0.559. The lowest BCUT2D eigenvalue weighted by Gasteiger charge is -2.10. The molecule has 8 heteroatoms. The maximum Gasteiger partial charge on any atom is 0.226 e. The zero-order valence-electron chi connectivity index (χ0n) is 16.7. The van der Waals surface area contributed by atoms with E-state index in [-0.39, 0.29) is 12.3 Å². The van der Waals surface area contributed by atoms with Crippen LogP contribution in [0.4, 0.5) is 10.9 Å². The van der Waals surface area contributed by atoms with Crippen LogP contribution < -0.4 is 20.1 Å². The van der Waals surface area contributed by atoms with E-state index in [1.807, 2.05) is 48.7 Å². The van der Waals surface area contributed by atoms with E-state index >= 15 is 0 Å². The van der Waals surface area contributed by atoms with E-state index in [0.29, 0.717) is 24.5 Å². The summed E-state index contributed by atoms with van der Waals surface area (Å²) in [6.07, 6.45) is 0.945. The van der Waals surface area contributed by atoms with Gasteiger partial charge in [-0.1, -0.05) is 12.1 Å². The summed E-state index contributed by atoms with van der Waals surface area (Å²) in [4.78, 5) is 21.1. The molecule has 152 valence electrons. The van der Waals surface area contributed by atoms with E-state index < -0.39 is 0 Å². The zero-order chi connectivity index (χ0) is 20.6. The fraction of sp³-hybridized carbons (Fsp3) is 0.286. The van der Waals surface area contributed by atoms with Crippen LogP contribution in [0.1, 0.15) is 17.0 Å². The average Bonchev–Trinajstić information content (AvgIpc) is 3.14. The van der Waals surface area contributed by atoms with Crippen molar-refractivity contribution in [2.24, 2.45) is 0 Å². The molecule has 0 unspecified atom stereocenters. The number of nitrogens with zero attached hydrogens (tertiary/aromatic N) is 2. The molecule has 0 bridgehead atoms. The molecule has 0 spiro atoms. The summed E-state index contributed by atoms with van der Waals surface area (Å²) in [5, 5.41) is 8.70. The number of aromatic nitrogens is 2. The second kappa shape index (κ2) is 9.88. The first-order valence-electron chi connectivity index (χ1n) is 9.20. The third-order valence-corrected chi connectivity index (χ3v) is 5.01. The van der Waals surface area contributed by atoms with Gasteiger partial charge in [-0.2, -0.15) is 0 Å². The number of carbonyl (C=O) groups is 1. The number of ether oxygens (including phenoxy) is 2. The van der Waals surface area contributed by atoms with Gasteiger partial charge in [0.1, 0.15) is 5.82 Å². The van der Waals surface area contributed by atoms with Crippen LogP contribution in [-0.2, 0) is 17.6 Å². The van der Waals surface area contributed by atoms with Gasteiger partial charge in [-0.05, 0) is 43.2 Å². The Hall–Kier alpha value is -3.13. The van der Waals surface area contributed by atoms with E-state index in [9.17, 15) is 4.79 Å². The highest BCUT2D eigenvalue weighted by atomic mass is 32.1. The van der Waals surface area contributed by atoms with Crippen molar-refractivity contribution in [1.82, 2.24) is 15.3 Å². The molecule has 2 N–H and O–H groups in total. The van der Waals surface area contributed by atoms with Crippen molar-refractivity contribution < 1.29 is 14.3 Å². The summed E-state index contributed by atoms with van der Waals surface area (Å²) in [5.74, 6) is 2.05. The molecule has 1 amide bonds. The SMILES string of the molecule is COc1ccc(CCNC(=O)Cc2csc(Nc3cccc(C)n3)n2)cc1OC. The molecular weight excluding hydrogens is 388 g/mol. The molecule has 0 aliphatic heterocycles. The number of carbonyl (C=O) groups excluding carboxylic acids is 1. The summed E-state index contributed by atoms with van der Waals surface area (Å²) in [5.41, 5.74) is 2.73. The lowest BCUT2D eigenvalue weighted by atomic mass is 10.1. The molecule has 0 fully saturated rings. The van der Waals surface area contributed by atoms with Crippen LogP contribution in [-0.4, -0.2) is 36.6 Å².